The number of benzene rings is 2. The molecular formula is C26H26FN3O. The van der Waals surface area contributed by atoms with Crippen LogP contribution in [0.5, 0.6) is 0 Å². The zero-order chi connectivity index (χ0) is 22.0. The van der Waals surface area contributed by atoms with Crippen molar-refractivity contribution in [1.82, 2.24) is 14.3 Å². The second-order valence-electron chi connectivity index (χ2n) is 8.04. The smallest absolute Gasteiger partial charge is 0.228 e. The standard InChI is InChI=1S/C26H26FN3O/c1-18-8-11-21(12-9-18)26-23(30-17-19(2)10-13-24(30)28-26)16-25(31)29(3)15-14-20-6-4-5-7-22(20)27/h4-13,17H,14-16H2,1-3H3. The Bertz CT molecular complexity index is 1230. The molecule has 2 aromatic carbocycles. The highest BCUT2D eigenvalue weighted by atomic mass is 19.1. The Hall–Kier alpha value is -3.47. The Morgan fingerprint density at radius 3 is 2.45 bits per heavy atom. The van der Waals surface area contributed by atoms with Gasteiger partial charge in [0.05, 0.1) is 17.8 Å². The van der Waals surface area contributed by atoms with Gasteiger partial charge in [-0.3, -0.25) is 4.79 Å². The zero-order valence-electron chi connectivity index (χ0n) is 18.1. The van der Waals surface area contributed by atoms with Gasteiger partial charge in [-0.2, -0.15) is 0 Å². The van der Waals surface area contributed by atoms with E-state index in [1.807, 2.05) is 54.8 Å². The molecule has 0 fully saturated rings. The van der Waals surface area contributed by atoms with Gasteiger partial charge in [0.15, 0.2) is 0 Å². The Morgan fingerprint density at radius 2 is 1.71 bits per heavy atom. The topological polar surface area (TPSA) is 37.6 Å². The van der Waals surface area contributed by atoms with E-state index >= 15 is 0 Å². The van der Waals surface area contributed by atoms with Crippen LogP contribution in [-0.4, -0.2) is 33.8 Å². The summed E-state index contributed by atoms with van der Waals surface area (Å²) in [5.74, 6) is -0.254. The molecule has 158 valence electrons. The largest absolute Gasteiger partial charge is 0.345 e. The van der Waals surface area contributed by atoms with Gasteiger partial charge in [-0.1, -0.05) is 54.1 Å². The number of hydrogen-bond acceptors (Lipinski definition) is 2. The van der Waals surface area contributed by atoms with Crippen LogP contribution < -0.4 is 0 Å². The van der Waals surface area contributed by atoms with Crippen molar-refractivity contribution in [2.24, 2.45) is 0 Å². The van der Waals surface area contributed by atoms with Gasteiger partial charge in [-0.25, -0.2) is 9.37 Å². The van der Waals surface area contributed by atoms with E-state index in [-0.39, 0.29) is 18.1 Å². The lowest BCUT2D eigenvalue weighted by atomic mass is 10.1. The molecule has 0 N–H and O–H groups in total. The molecule has 31 heavy (non-hydrogen) atoms. The van der Waals surface area contributed by atoms with Crippen LogP contribution in [0.1, 0.15) is 22.4 Å². The van der Waals surface area contributed by atoms with Gasteiger partial charge in [0, 0.05) is 25.4 Å². The average Bonchev–Trinajstić information content (AvgIpc) is 3.11. The molecule has 0 aliphatic heterocycles. The van der Waals surface area contributed by atoms with Gasteiger partial charge in [0.1, 0.15) is 11.5 Å². The van der Waals surface area contributed by atoms with Crippen LogP contribution in [0.15, 0.2) is 66.9 Å². The van der Waals surface area contributed by atoms with E-state index in [0.29, 0.717) is 18.5 Å². The lowest BCUT2D eigenvalue weighted by Gasteiger charge is -2.18. The Labute approximate surface area is 182 Å². The predicted molar refractivity (Wildman–Crippen MR) is 122 cm³/mol. The zero-order valence-corrected chi connectivity index (χ0v) is 18.1. The highest BCUT2D eigenvalue weighted by Gasteiger charge is 2.19. The molecule has 5 heteroatoms. The van der Waals surface area contributed by atoms with E-state index in [2.05, 4.69) is 12.1 Å². The van der Waals surface area contributed by atoms with Crippen LogP contribution in [0.3, 0.4) is 0 Å². The molecule has 0 aliphatic rings. The monoisotopic (exact) mass is 415 g/mol. The lowest BCUT2D eigenvalue weighted by Crippen LogP contribution is -2.30. The maximum absolute atomic E-state index is 13.9. The van der Waals surface area contributed by atoms with Crippen LogP contribution in [0.2, 0.25) is 0 Å². The molecule has 4 rings (SSSR count). The van der Waals surface area contributed by atoms with Crippen molar-refractivity contribution in [2.45, 2.75) is 26.7 Å². The number of aryl methyl sites for hydroxylation is 2. The fourth-order valence-corrected chi connectivity index (χ4v) is 3.70. The summed E-state index contributed by atoms with van der Waals surface area (Å²) in [6, 6.07) is 18.9. The first-order chi connectivity index (χ1) is 14.9. The molecule has 0 atom stereocenters. The number of hydrogen-bond donors (Lipinski definition) is 0. The van der Waals surface area contributed by atoms with Gasteiger partial charge in [0.2, 0.25) is 5.91 Å². The molecule has 1 amide bonds. The van der Waals surface area contributed by atoms with Crippen molar-refractivity contribution >= 4 is 11.6 Å². The van der Waals surface area contributed by atoms with Crippen molar-refractivity contribution in [3.63, 3.8) is 0 Å². The average molecular weight is 416 g/mol. The second-order valence-corrected chi connectivity index (χ2v) is 8.04. The maximum atomic E-state index is 13.9. The highest BCUT2D eigenvalue weighted by molar-refractivity contribution is 5.81. The van der Waals surface area contributed by atoms with Crippen molar-refractivity contribution in [1.29, 1.82) is 0 Å². The van der Waals surface area contributed by atoms with Gasteiger partial charge < -0.3 is 9.30 Å². The van der Waals surface area contributed by atoms with Crippen LogP contribution in [0.4, 0.5) is 4.39 Å². The third-order valence-corrected chi connectivity index (χ3v) is 5.61. The van der Waals surface area contributed by atoms with Crippen molar-refractivity contribution in [2.75, 3.05) is 13.6 Å². The summed E-state index contributed by atoms with van der Waals surface area (Å²) in [6.07, 6.45) is 2.72. The van der Waals surface area contributed by atoms with Crippen LogP contribution in [-0.2, 0) is 17.6 Å². The highest BCUT2D eigenvalue weighted by Crippen LogP contribution is 2.26. The lowest BCUT2D eigenvalue weighted by molar-refractivity contribution is -0.129. The van der Waals surface area contributed by atoms with Gasteiger partial charge >= 0.3 is 0 Å². The summed E-state index contributed by atoms with van der Waals surface area (Å²) in [4.78, 5) is 19.6. The van der Waals surface area contributed by atoms with E-state index in [1.165, 1.54) is 11.6 Å². The molecular weight excluding hydrogens is 389 g/mol. The van der Waals surface area contributed by atoms with Gasteiger partial charge in [0.25, 0.3) is 0 Å². The SMILES string of the molecule is Cc1ccc(-c2nc3ccc(C)cn3c2CC(=O)N(C)CCc2ccccc2F)cc1. The molecule has 0 saturated carbocycles. The fraction of sp³-hybridized carbons (Fsp3) is 0.231. The summed E-state index contributed by atoms with van der Waals surface area (Å²) >= 11 is 0. The summed E-state index contributed by atoms with van der Waals surface area (Å²) in [5, 5.41) is 0. The number of imidazole rings is 1. The van der Waals surface area contributed by atoms with Crippen molar-refractivity contribution in [3.8, 4) is 11.3 Å². The molecule has 0 saturated heterocycles. The summed E-state index contributed by atoms with van der Waals surface area (Å²) in [6.45, 7) is 4.53. The number of halogens is 1. The Balaban J connectivity index is 1.61. The van der Waals surface area contributed by atoms with E-state index < -0.39 is 0 Å². The predicted octanol–water partition coefficient (Wildman–Crippen LogP) is 5.00. The molecule has 4 aromatic rings. The molecule has 0 unspecified atom stereocenters. The normalized spacial score (nSPS) is 11.1. The Morgan fingerprint density at radius 1 is 1.00 bits per heavy atom. The molecule has 4 nitrogen and oxygen atoms in total. The number of carbonyl (C=O) groups is 1. The fourth-order valence-electron chi connectivity index (χ4n) is 3.70. The molecule has 0 spiro atoms. The third kappa shape index (κ3) is 4.50. The van der Waals surface area contributed by atoms with Crippen molar-refractivity contribution in [3.05, 3.63) is 95.1 Å². The minimum Gasteiger partial charge on any atom is -0.345 e. The number of likely N-dealkylation sites (N-methyl/N-ethyl adjacent to an activating group) is 1. The number of amides is 1. The number of nitrogens with zero attached hydrogens (tertiary/aromatic N) is 3. The summed E-state index contributed by atoms with van der Waals surface area (Å²) < 4.78 is 15.9. The van der Waals surface area contributed by atoms with E-state index in [9.17, 15) is 9.18 Å². The summed E-state index contributed by atoms with van der Waals surface area (Å²) in [7, 11) is 1.77. The van der Waals surface area contributed by atoms with Crippen LogP contribution >= 0.6 is 0 Å². The van der Waals surface area contributed by atoms with Gasteiger partial charge in [-0.15, -0.1) is 0 Å². The first-order valence-electron chi connectivity index (χ1n) is 10.4. The van der Waals surface area contributed by atoms with Crippen molar-refractivity contribution < 1.29 is 9.18 Å². The number of pyridine rings is 1. The number of rotatable bonds is 6. The minimum absolute atomic E-state index is 0.0204. The number of fused-ring (bicyclic) bond motifs is 1. The van der Waals surface area contributed by atoms with Gasteiger partial charge in [-0.05, 0) is 43.5 Å². The first kappa shape index (κ1) is 20.8. The second kappa shape index (κ2) is 8.72. The van der Waals surface area contributed by atoms with Crippen LogP contribution in [0, 0.1) is 19.7 Å². The van der Waals surface area contributed by atoms with E-state index in [4.69, 9.17) is 4.98 Å². The van der Waals surface area contributed by atoms with Crippen LogP contribution in [0.25, 0.3) is 16.9 Å². The third-order valence-electron chi connectivity index (χ3n) is 5.61. The molecule has 0 bridgehead atoms. The summed E-state index contributed by atoms with van der Waals surface area (Å²) in [5.41, 5.74) is 6.39. The van der Waals surface area contributed by atoms with E-state index in [1.54, 1.807) is 24.1 Å². The molecule has 2 aromatic heterocycles. The quantitative estimate of drug-likeness (QED) is 0.444. The molecule has 0 aliphatic carbocycles. The number of aromatic nitrogens is 2. The molecule has 0 radical (unpaired) electrons. The maximum Gasteiger partial charge on any atom is 0.228 e. The Kier molecular flexibility index (Phi) is 5.85. The number of carbonyl (C=O) groups excluding carboxylic acids is 1. The van der Waals surface area contributed by atoms with E-state index in [0.717, 1.165) is 28.2 Å². The minimum atomic E-state index is -0.234. The first-order valence-corrected chi connectivity index (χ1v) is 10.4. The molecule has 2 heterocycles.